The van der Waals surface area contributed by atoms with E-state index in [1.54, 1.807) is 40.0 Å². The zero-order valence-corrected chi connectivity index (χ0v) is 14.6. The molecule has 3 aromatic rings. The van der Waals surface area contributed by atoms with E-state index in [0.29, 0.717) is 16.2 Å². The van der Waals surface area contributed by atoms with Crippen LogP contribution in [0.3, 0.4) is 0 Å². The number of amides is 1. The summed E-state index contributed by atoms with van der Waals surface area (Å²) in [6.45, 7) is 5.38. The monoisotopic (exact) mass is 347 g/mol. The van der Waals surface area contributed by atoms with E-state index in [1.165, 1.54) is 21.9 Å². The molecule has 0 fully saturated rings. The van der Waals surface area contributed by atoms with Crippen molar-refractivity contribution >= 4 is 32.4 Å². The molecular formula is C16H17N3O4S. The highest BCUT2D eigenvalue weighted by Gasteiger charge is 2.19. The van der Waals surface area contributed by atoms with Crippen LogP contribution in [0.4, 0.5) is 0 Å². The van der Waals surface area contributed by atoms with Crippen molar-refractivity contribution in [1.82, 2.24) is 14.9 Å². The molecule has 2 aromatic heterocycles. The molecule has 0 aliphatic carbocycles. The molecule has 0 atom stereocenters. The summed E-state index contributed by atoms with van der Waals surface area (Å²) < 4.78 is 7.46. The number of carbonyl (C=O) groups excluding carboxylic acids is 1. The first-order chi connectivity index (χ1) is 11.3. The van der Waals surface area contributed by atoms with E-state index in [2.05, 4.69) is 10.5 Å². The Balaban J connectivity index is 2.08. The summed E-state index contributed by atoms with van der Waals surface area (Å²) in [6.07, 6.45) is 1.27. The maximum Gasteiger partial charge on any atom is 0.282 e. The summed E-state index contributed by atoms with van der Waals surface area (Å²) in [4.78, 5) is 34.9. The van der Waals surface area contributed by atoms with E-state index in [0.717, 1.165) is 4.70 Å². The maximum absolute atomic E-state index is 12.7. The molecule has 3 rings (SSSR count). The molecule has 1 amide bonds. The summed E-state index contributed by atoms with van der Waals surface area (Å²) in [7, 11) is 1.58. The molecule has 24 heavy (non-hydrogen) atoms. The Morgan fingerprint density at radius 2 is 2.08 bits per heavy atom. The Bertz CT molecular complexity index is 985. The molecule has 1 N–H and O–H groups in total. The number of benzene rings is 1. The smallest absolute Gasteiger partial charge is 0.282 e. The van der Waals surface area contributed by atoms with Crippen molar-refractivity contribution in [2.45, 2.75) is 26.4 Å². The number of thiazole rings is 1. The van der Waals surface area contributed by atoms with Gasteiger partial charge in [0.1, 0.15) is 11.3 Å². The highest BCUT2D eigenvalue weighted by Crippen LogP contribution is 2.27. The van der Waals surface area contributed by atoms with Crippen molar-refractivity contribution in [3.63, 3.8) is 0 Å². The second-order valence-corrected chi connectivity index (χ2v) is 7.19. The summed E-state index contributed by atoms with van der Waals surface area (Å²) >= 11 is 1.35. The van der Waals surface area contributed by atoms with Gasteiger partial charge in [-0.2, -0.15) is 0 Å². The Morgan fingerprint density at radius 1 is 1.33 bits per heavy atom. The number of nitrogens with one attached hydrogen (secondary N) is 1. The lowest BCUT2D eigenvalue weighted by molar-refractivity contribution is -0.0590. The minimum Gasteiger partial charge on any atom is -0.497 e. The molecule has 0 saturated carbocycles. The molecular weight excluding hydrogens is 330 g/mol. The topological polar surface area (TPSA) is 81.9 Å². The van der Waals surface area contributed by atoms with E-state index in [4.69, 9.17) is 9.57 Å². The Kier molecular flexibility index (Phi) is 4.02. The average Bonchev–Trinajstić information content (AvgIpc) is 2.90. The molecule has 2 heterocycles. The highest BCUT2D eigenvalue weighted by atomic mass is 32.1. The van der Waals surface area contributed by atoms with Gasteiger partial charge in [0.05, 0.1) is 22.9 Å². The van der Waals surface area contributed by atoms with Gasteiger partial charge in [0, 0.05) is 6.20 Å². The summed E-state index contributed by atoms with van der Waals surface area (Å²) in [5.41, 5.74) is 1.90. The molecule has 0 aliphatic rings. The maximum atomic E-state index is 12.7. The highest BCUT2D eigenvalue weighted by molar-refractivity contribution is 7.23. The number of hydrogen-bond acceptors (Lipinski definition) is 6. The molecule has 7 nitrogen and oxygen atoms in total. The normalized spacial score (nSPS) is 11.8. The largest absolute Gasteiger partial charge is 0.497 e. The van der Waals surface area contributed by atoms with Crippen molar-refractivity contribution in [1.29, 1.82) is 0 Å². The van der Waals surface area contributed by atoms with E-state index < -0.39 is 17.1 Å². The molecule has 0 spiro atoms. The number of ether oxygens (including phenoxy) is 1. The van der Waals surface area contributed by atoms with Gasteiger partial charge >= 0.3 is 0 Å². The molecule has 0 unspecified atom stereocenters. The molecule has 0 radical (unpaired) electrons. The van der Waals surface area contributed by atoms with E-state index in [1.807, 2.05) is 6.07 Å². The van der Waals surface area contributed by atoms with Gasteiger partial charge in [0.2, 0.25) is 0 Å². The minimum absolute atomic E-state index is 0.0766. The first-order valence-electron chi connectivity index (χ1n) is 7.27. The van der Waals surface area contributed by atoms with Crippen LogP contribution in [0.15, 0.2) is 29.2 Å². The van der Waals surface area contributed by atoms with Crippen molar-refractivity contribution in [2.75, 3.05) is 7.11 Å². The van der Waals surface area contributed by atoms with Gasteiger partial charge in [0.25, 0.3) is 11.5 Å². The third-order valence-corrected chi connectivity index (χ3v) is 4.25. The minimum atomic E-state index is -0.621. The number of hydrogen-bond donors (Lipinski definition) is 1. The Morgan fingerprint density at radius 3 is 2.75 bits per heavy atom. The third kappa shape index (κ3) is 2.98. The Hall–Kier alpha value is -2.45. The van der Waals surface area contributed by atoms with Gasteiger partial charge in [-0.25, -0.2) is 10.5 Å². The van der Waals surface area contributed by atoms with Crippen LogP contribution >= 0.6 is 11.3 Å². The van der Waals surface area contributed by atoms with Gasteiger partial charge in [-0.1, -0.05) is 11.3 Å². The second kappa shape index (κ2) is 5.88. The molecule has 1 aromatic carbocycles. The Labute approximate surface area is 141 Å². The number of carbonyl (C=O) groups is 1. The quantitative estimate of drug-likeness (QED) is 0.736. The standard InChI is InChI=1S/C16H17N3O4S/c1-16(2,3)23-18-13(20)10-8-17-15-19(14(10)21)11-6-5-9(22-4)7-12(11)24-15/h5-8H,1-4H3,(H,18,20). The fourth-order valence-electron chi connectivity index (χ4n) is 2.12. The SMILES string of the molecule is COc1ccc2c(c1)sc1ncc(C(=O)NOC(C)(C)C)c(=O)n12. The summed E-state index contributed by atoms with van der Waals surface area (Å²) in [5.74, 6) is 0.0725. The van der Waals surface area contributed by atoms with Gasteiger partial charge < -0.3 is 4.74 Å². The predicted molar refractivity (Wildman–Crippen MR) is 91.7 cm³/mol. The number of rotatable bonds is 3. The van der Waals surface area contributed by atoms with Crippen LogP contribution in [-0.4, -0.2) is 28.0 Å². The third-order valence-electron chi connectivity index (χ3n) is 3.23. The molecule has 8 heteroatoms. The molecule has 0 bridgehead atoms. The van der Waals surface area contributed by atoms with E-state index >= 15 is 0 Å². The van der Waals surface area contributed by atoms with Crippen LogP contribution in [0.5, 0.6) is 5.75 Å². The zero-order valence-electron chi connectivity index (χ0n) is 13.7. The van der Waals surface area contributed by atoms with Crippen LogP contribution in [0.25, 0.3) is 15.2 Å². The number of fused-ring (bicyclic) bond motifs is 3. The number of aromatic nitrogens is 2. The van der Waals surface area contributed by atoms with Crippen LogP contribution < -0.4 is 15.8 Å². The van der Waals surface area contributed by atoms with Gasteiger partial charge in [-0.3, -0.25) is 18.8 Å². The fourth-order valence-corrected chi connectivity index (χ4v) is 3.13. The van der Waals surface area contributed by atoms with Gasteiger partial charge in [0.15, 0.2) is 4.96 Å². The fraction of sp³-hybridized carbons (Fsp3) is 0.312. The lowest BCUT2D eigenvalue weighted by Gasteiger charge is -2.18. The van der Waals surface area contributed by atoms with Crippen LogP contribution in [0, 0.1) is 0 Å². The molecule has 126 valence electrons. The van der Waals surface area contributed by atoms with Crippen LogP contribution in [0.2, 0.25) is 0 Å². The number of nitrogens with zero attached hydrogens (tertiary/aromatic N) is 2. The number of hydroxylamine groups is 1. The first kappa shape index (κ1) is 16.4. The van der Waals surface area contributed by atoms with Crippen molar-refractivity contribution < 1.29 is 14.4 Å². The zero-order chi connectivity index (χ0) is 17.5. The number of methoxy groups -OCH3 is 1. The van der Waals surface area contributed by atoms with Crippen molar-refractivity contribution in [3.05, 3.63) is 40.3 Å². The molecule has 0 saturated heterocycles. The first-order valence-corrected chi connectivity index (χ1v) is 8.08. The van der Waals surface area contributed by atoms with Crippen LogP contribution in [0.1, 0.15) is 31.1 Å². The summed E-state index contributed by atoms with van der Waals surface area (Å²) in [5, 5.41) is 0. The van der Waals surface area contributed by atoms with Gasteiger partial charge in [-0.05, 0) is 39.0 Å². The van der Waals surface area contributed by atoms with E-state index in [-0.39, 0.29) is 5.56 Å². The summed E-state index contributed by atoms with van der Waals surface area (Å²) in [6, 6.07) is 5.36. The molecule has 0 aliphatic heterocycles. The van der Waals surface area contributed by atoms with Crippen molar-refractivity contribution in [3.8, 4) is 5.75 Å². The second-order valence-electron chi connectivity index (χ2n) is 6.18. The lowest BCUT2D eigenvalue weighted by atomic mass is 10.2. The van der Waals surface area contributed by atoms with Crippen LogP contribution in [-0.2, 0) is 4.84 Å². The van der Waals surface area contributed by atoms with Crippen molar-refractivity contribution in [2.24, 2.45) is 0 Å². The van der Waals surface area contributed by atoms with Gasteiger partial charge in [-0.15, -0.1) is 0 Å². The predicted octanol–water partition coefficient (Wildman–Crippen LogP) is 2.38. The lowest BCUT2D eigenvalue weighted by Crippen LogP contribution is -2.36. The van der Waals surface area contributed by atoms with E-state index in [9.17, 15) is 9.59 Å². The average molecular weight is 347 g/mol.